The van der Waals surface area contributed by atoms with Gasteiger partial charge < -0.3 is 20.1 Å². The smallest absolute Gasteiger partial charge is 0.277 e. The Morgan fingerprint density at radius 1 is 1.34 bits per heavy atom. The van der Waals surface area contributed by atoms with E-state index >= 15 is 0 Å². The van der Waals surface area contributed by atoms with E-state index in [0.29, 0.717) is 32.2 Å². The van der Waals surface area contributed by atoms with Gasteiger partial charge >= 0.3 is 0 Å². The van der Waals surface area contributed by atoms with Crippen molar-refractivity contribution >= 4 is 11.8 Å². The van der Waals surface area contributed by atoms with Crippen molar-refractivity contribution in [1.29, 1.82) is 0 Å². The number of hydrogen-bond acceptors (Lipinski definition) is 6. The van der Waals surface area contributed by atoms with Crippen LogP contribution in [0.5, 0.6) is 5.75 Å². The van der Waals surface area contributed by atoms with Gasteiger partial charge in [-0.2, -0.15) is 0 Å². The molecule has 0 saturated heterocycles. The maximum atomic E-state index is 13.9. The molecular formula is C24H26F2N4O5. The van der Waals surface area contributed by atoms with Crippen molar-refractivity contribution in [3.8, 4) is 18.1 Å². The van der Waals surface area contributed by atoms with Crippen LogP contribution in [0.15, 0.2) is 29.2 Å². The molecular weight excluding hydrogens is 462 g/mol. The molecule has 2 aromatic rings. The summed E-state index contributed by atoms with van der Waals surface area (Å²) < 4.78 is 33.4. The lowest BCUT2D eigenvalue weighted by molar-refractivity contribution is 0.0693. The Kier molecular flexibility index (Phi) is 8.09. The summed E-state index contributed by atoms with van der Waals surface area (Å²) in [6, 6.07) is 2.89. The highest BCUT2D eigenvalue weighted by atomic mass is 19.1. The van der Waals surface area contributed by atoms with Gasteiger partial charge in [-0.3, -0.25) is 24.1 Å². The van der Waals surface area contributed by atoms with Crippen LogP contribution in [0.2, 0.25) is 0 Å². The second kappa shape index (κ2) is 11.0. The molecule has 0 radical (unpaired) electrons. The number of terminal acetylenes is 1. The monoisotopic (exact) mass is 488 g/mol. The first-order chi connectivity index (χ1) is 16.7. The van der Waals surface area contributed by atoms with Crippen LogP contribution in [-0.2, 0) is 11.3 Å². The molecule has 0 bridgehead atoms. The third-order valence-corrected chi connectivity index (χ3v) is 5.71. The number of fused-ring (bicyclic) bond motifs is 1. The fourth-order valence-corrected chi connectivity index (χ4v) is 3.73. The second-order valence-corrected chi connectivity index (χ2v) is 7.97. The van der Waals surface area contributed by atoms with E-state index in [1.165, 1.54) is 28.9 Å². The van der Waals surface area contributed by atoms with Crippen LogP contribution >= 0.6 is 0 Å². The number of amides is 2. The van der Waals surface area contributed by atoms with Crippen molar-refractivity contribution in [1.82, 2.24) is 14.9 Å². The molecule has 1 aromatic heterocycles. The van der Waals surface area contributed by atoms with Gasteiger partial charge in [0.25, 0.3) is 11.8 Å². The van der Waals surface area contributed by atoms with Gasteiger partial charge in [0.15, 0.2) is 11.4 Å². The Morgan fingerprint density at radius 2 is 2.09 bits per heavy atom. The summed E-state index contributed by atoms with van der Waals surface area (Å²) in [6.07, 6.45) is 7.20. The zero-order valence-electron chi connectivity index (χ0n) is 19.4. The Morgan fingerprint density at radius 3 is 2.71 bits per heavy atom. The van der Waals surface area contributed by atoms with Gasteiger partial charge in [-0.15, -0.1) is 12.3 Å². The number of aromatic nitrogens is 1. The predicted octanol–water partition coefficient (Wildman–Crippen LogP) is 1.42. The van der Waals surface area contributed by atoms with E-state index in [1.807, 2.05) is 0 Å². The minimum absolute atomic E-state index is 0.0101. The number of ether oxygens (including phenoxy) is 1. The van der Waals surface area contributed by atoms with Gasteiger partial charge in [-0.1, -0.05) is 6.07 Å². The zero-order valence-corrected chi connectivity index (χ0v) is 19.4. The Bertz CT molecular complexity index is 1220. The fraction of sp³-hybridized carbons (Fsp3) is 0.375. The Labute approximate surface area is 200 Å². The van der Waals surface area contributed by atoms with Crippen molar-refractivity contribution in [3.05, 3.63) is 63.1 Å². The molecule has 9 nitrogen and oxygen atoms in total. The number of hydrogen-bond donors (Lipinski definition) is 2. The summed E-state index contributed by atoms with van der Waals surface area (Å²) in [6.45, 7) is 2.56. The number of carbonyl (C=O) groups excluding carboxylic acids is 2. The van der Waals surface area contributed by atoms with Crippen LogP contribution in [0, 0.1) is 29.9 Å². The molecule has 3 rings (SSSR count). The van der Waals surface area contributed by atoms with Crippen LogP contribution in [0.1, 0.15) is 39.8 Å². The van der Waals surface area contributed by atoms with E-state index in [-0.39, 0.29) is 30.4 Å². The van der Waals surface area contributed by atoms with E-state index in [2.05, 4.69) is 11.2 Å². The molecule has 11 heteroatoms. The maximum Gasteiger partial charge on any atom is 0.277 e. The van der Waals surface area contributed by atoms with E-state index in [4.69, 9.17) is 11.2 Å². The normalized spacial score (nSPS) is 13.9. The molecule has 1 aliphatic rings. The summed E-state index contributed by atoms with van der Waals surface area (Å²) in [4.78, 5) is 39.9. The summed E-state index contributed by atoms with van der Waals surface area (Å²) in [5, 5.41) is 14.7. The summed E-state index contributed by atoms with van der Waals surface area (Å²) in [5.41, 5.74) is -1.74. The molecule has 2 N–H and O–H groups in total. The van der Waals surface area contributed by atoms with Crippen molar-refractivity contribution in [2.24, 2.45) is 5.92 Å². The lowest BCUT2D eigenvalue weighted by atomic mass is 10.1. The molecule has 0 saturated carbocycles. The number of benzene rings is 1. The Balaban J connectivity index is 1.93. The first kappa shape index (κ1) is 25.7. The average molecular weight is 488 g/mol. The minimum atomic E-state index is -1.04. The van der Waals surface area contributed by atoms with Crippen molar-refractivity contribution in [2.45, 2.75) is 19.9 Å². The molecule has 1 atom stereocenters. The molecule has 186 valence electrons. The molecule has 2 amide bonds. The van der Waals surface area contributed by atoms with Crippen LogP contribution in [-0.4, -0.2) is 60.0 Å². The van der Waals surface area contributed by atoms with Crippen LogP contribution in [0.4, 0.5) is 8.78 Å². The minimum Gasteiger partial charge on any atom is -0.502 e. The first-order valence-corrected chi connectivity index (χ1v) is 10.9. The molecule has 0 fully saturated rings. The van der Waals surface area contributed by atoms with Gasteiger partial charge in [-0.25, -0.2) is 8.78 Å². The maximum absolute atomic E-state index is 13.9. The first-order valence-electron chi connectivity index (χ1n) is 10.9. The fourth-order valence-electron chi connectivity index (χ4n) is 3.73. The standard InChI is InChI=1S/C24H26F2N4O5/c1-4-15(13-35-3)8-9-29-14-28(5-2)24(34)20-22(32)21(31)18(12-30(20)29)23(33)27-11-16-6-7-17(25)10-19(16)26/h1,6-7,10,12,15,32H,5,8-9,11,13-14H2,2-3H3,(H,27,33)/t15-/m1/s1. The summed E-state index contributed by atoms with van der Waals surface area (Å²) >= 11 is 0. The number of halogens is 2. The number of aromatic hydroxyl groups is 1. The molecule has 0 spiro atoms. The van der Waals surface area contributed by atoms with Crippen molar-refractivity contribution < 1.29 is 28.2 Å². The quantitative estimate of drug-likeness (QED) is 0.518. The van der Waals surface area contributed by atoms with Gasteiger partial charge in [0.05, 0.1) is 6.61 Å². The van der Waals surface area contributed by atoms with Crippen LogP contribution in [0.25, 0.3) is 0 Å². The third-order valence-electron chi connectivity index (χ3n) is 5.71. The highest BCUT2D eigenvalue weighted by Crippen LogP contribution is 2.22. The van der Waals surface area contributed by atoms with E-state index in [0.717, 1.165) is 6.07 Å². The highest BCUT2D eigenvalue weighted by Gasteiger charge is 2.33. The molecule has 0 aliphatic carbocycles. The highest BCUT2D eigenvalue weighted by molar-refractivity contribution is 5.99. The molecule has 1 aliphatic heterocycles. The van der Waals surface area contributed by atoms with Gasteiger partial charge in [-0.05, 0) is 19.4 Å². The van der Waals surface area contributed by atoms with Gasteiger partial charge in [0, 0.05) is 50.5 Å². The molecule has 2 heterocycles. The van der Waals surface area contributed by atoms with E-state index in [1.54, 1.807) is 11.9 Å². The number of pyridine rings is 1. The predicted molar refractivity (Wildman–Crippen MR) is 123 cm³/mol. The van der Waals surface area contributed by atoms with E-state index < -0.39 is 40.2 Å². The average Bonchev–Trinajstić information content (AvgIpc) is 2.83. The molecule has 0 unspecified atom stereocenters. The second-order valence-electron chi connectivity index (χ2n) is 7.97. The molecule has 1 aromatic carbocycles. The number of nitrogens with one attached hydrogen (secondary N) is 1. The van der Waals surface area contributed by atoms with E-state index in [9.17, 15) is 28.3 Å². The number of nitrogens with zero attached hydrogens (tertiary/aromatic N) is 3. The lowest BCUT2D eigenvalue weighted by Gasteiger charge is -2.39. The van der Waals surface area contributed by atoms with Crippen LogP contribution in [0.3, 0.4) is 0 Å². The van der Waals surface area contributed by atoms with Crippen LogP contribution < -0.4 is 15.8 Å². The largest absolute Gasteiger partial charge is 0.502 e. The SMILES string of the molecule is C#C[C@H](CCN1CN(CC)C(=O)c2c(O)c(=O)c(C(=O)NCc3ccc(F)cc3F)cn21)COC. The zero-order chi connectivity index (χ0) is 25.7. The number of rotatable bonds is 9. The van der Waals surface area contributed by atoms with Crippen molar-refractivity contribution in [3.63, 3.8) is 0 Å². The number of carbonyl (C=O) groups is 2. The summed E-state index contributed by atoms with van der Waals surface area (Å²) in [5.74, 6) is -1.53. The number of methoxy groups -OCH3 is 1. The Hall–Kier alpha value is -3.91. The van der Waals surface area contributed by atoms with Gasteiger partial charge in [0.1, 0.15) is 23.9 Å². The topological polar surface area (TPSA) is 104 Å². The van der Waals surface area contributed by atoms with Crippen molar-refractivity contribution in [2.75, 3.05) is 38.5 Å². The molecule has 35 heavy (non-hydrogen) atoms. The third kappa shape index (κ3) is 5.44. The lowest BCUT2D eigenvalue weighted by Crippen LogP contribution is -2.55. The summed E-state index contributed by atoms with van der Waals surface area (Å²) in [7, 11) is 1.53. The van der Waals surface area contributed by atoms with Gasteiger partial charge in [0.2, 0.25) is 5.43 Å².